The van der Waals surface area contributed by atoms with Crippen molar-refractivity contribution < 1.29 is 18.7 Å². The Morgan fingerprint density at radius 1 is 1.07 bits per heavy atom. The third kappa shape index (κ3) is 7.43. The predicted molar refractivity (Wildman–Crippen MR) is 146 cm³/mol. The smallest absolute Gasteiger partial charge is 0.167 e. The van der Waals surface area contributed by atoms with Gasteiger partial charge < -0.3 is 23.3 Å². The van der Waals surface area contributed by atoms with E-state index in [-0.39, 0.29) is 12.4 Å². The van der Waals surface area contributed by atoms with E-state index < -0.39 is 0 Å². The topological polar surface area (TPSA) is 108 Å². The molecule has 4 heterocycles. The monoisotopic (exact) mass is 537 g/mol. The van der Waals surface area contributed by atoms with Crippen LogP contribution < -0.4 is 0 Å². The Hall–Kier alpha value is -4.28. The van der Waals surface area contributed by atoms with Gasteiger partial charge in [-0.2, -0.15) is 5.26 Å². The van der Waals surface area contributed by atoms with Gasteiger partial charge in [-0.25, -0.2) is 4.98 Å². The van der Waals surface area contributed by atoms with Crippen LogP contribution in [0.4, 0.5) is 0 Å². The average Bonchev–Trinajstić information content (AvgIpc) is 3.66. The Balaban J connectivity index is 1.17. The number of aromatic nitrogens is 4. The molecule has 0 bridgehead atoms. The van der Waals surface area contributed by atoms with Gasteiger partial charge in [-0.1, -0.05) is 17.0 Å². The maximum atomic E-state index is 8.56. The van der Waals surface area contributed by atoms with Crippen LogP contribution in [0.25, 0.3) is 11.3 Å². The van der Waals surface area contributed by atoms with Crippen LogP contribution in [0.1, 0.15) is 67.1 Å². The van der Waals surface area contributed by atoms with Crippen molar-refractivity contribution in [3.8, 4) is 29.2 Å². The molecule has 1 aliphatic rings. The summed E-state index contributed by atoms with van der Waals surface area (Å²) >= 11 is 0. The molecule has 204 valence electrons. The highest BCUT2D eigenvalue weighted by molar-refractivity contribution is 5.59. The number of benzene rings is 1. The van der Waals surface area contributed by atoms with E-state index in [0.717, 1.165) is 59.8 Å². The molecule has 9 nitrogen and oxygen atoms in total. The molecule has 0 spiro atoms. The highest BCUT2D eigenvalue weighted by atomic mass is 16.7. The second-order valence-electron chi connectivity index (χ2n) is 9.50. The molecule has 1 aromatic carbocycles. The zero-order valence-corrected chi connectivity index (χ0v) is 22.5. The molecule has 0 amide bonds. The van der Waals surface area contributed by atoms with Crippen molar-refractivity contribution in [2.24, 2.45) is 0 Å². The molecule has 0 N–H and O–H groups in total. The zero-order chi connectivity index (χ0) is 27.6. The summed E-state index contributed by atoms with van der Waals surface area (Å²) in [6.45, 7) is 4.06. The van der Waals surface area contributed by atoms with Gasteiger partial charge >= 0.3 is 0 Å². The third-order valence-electron chi connectivity index (χ3n) is 6.45. The average molecular weight is 538 g/mol. The first-order chi connectivity index (χ1) is 19.7. The van der Waals surface area contributed by atoms with Crippen molar-refractivity contribution in [2.45, 2.75) is 58.2 Å². The van der Waals surface area contributed by atoms with Crippen molar-refractivity contribution >= 4 is 0 Å². The normalized spacial score (nSPS) is 15.7. The van der Waals surface area contributed by atoms with Crippen LogP contribution in [0.5, 0.6) is 0 Å². The lowest BCUT2D eigenvalue weighted by molar-refractivity contribution is -0.188. The molecule has 2 atom stereocenters. The number of hydrogen-bond donors (Lipinski definition) is 0. The molecule has 1 fully saturated rings. The molecule has 0 aliphatic carbocycles. The Labute approximate surface area is 233 Å². The second-order valence-corrected chi connectivity index (χ2v) is 9.50. The van der Waals surface area contributed by atoms with Crippen LogP contribution in [0, 0.1) is 23.2 Å². The third-order valence-corrected chi connectivity index (χ3v) is 6.45. The molecule has 3 aromatic heterocycles. The molecule has 0 radical (unpaired) electrons. The van der Waals surface area contributed by atoms with Gasteiger partial charge in [-0.3, -0.25) is 4.98 Å². The summed E-state index contributed by atoms with van der Waals surface area (Å²) in [7, 11) is 0. The van der Waals surface area contributed by atoms with E-state index in [4.69, 9.17) is 24.0 Å². The number of hydrogen-bond acceptors (Lipinski definition) is 8. The summed E-state index contributed by atoms with van der Waals surface area (Å²) in [6.07, 6.45) is 8.54. The molecule has 5 rings (SSSR count). The number of nitrogens with zero attached hydrogens (tertiary/aromatic N) is 5. The fraction of sp³-hybridized carbons (Fsp3) is 0.355. The van der Waals surface area contributed by atoms with Crippen LogP contribution >= 0.6 is 0 Å². The minimum Gasteiger partial charge on any atom is -0.374 e. The number of nitriles is 1. The Morgan fingerprint density at radius 3 is 2.70 bits per heavy atom. The minimum atomic E-state index is -0.194. The Kier molecular flexibility index (Phi) is 9.33. The molecule has 1 unspecified atom stereocenters. The second kappa shape index (κ2) is 13.7. The van der Waals surface area contributed by atoms with Gasteiger partial charge in [-0.15, -0.1) is 0 Å². The van der Waals surface area contributed by atoms with E-state index in [1.807, 2.05) is 60.2 Å². The Morgan fingerprint density at radius 2 is 1.93 bits per heavy atom. The van der Waals surface area contributed by atoms with E-state index in [1.54, 1.807) is 12.4 Å². The molecular formula is C31H31N5O4. The number of imidazole rings is 1. The van der Waals surface area contributed by atoms with Crippen LogP contribution in [0.3, 0.4) is 0 Å². The van der Waals surface area contributed by atoms with E-state index in [2.05, 4.69) is 33.0 Å². The van der Waals surface area contributed by atoms with Gasteiger partial charge in [0.2, 0.25) is 0 Å². The van der Waals surface area contributed by atoms with Crippen LogP contribution in [-0.4, -0.2) is 39.2 Å². The van der Waals surface area contributed by atoms with Crippen molar-refractivity contribution in [1.82, 2.24) is 19.7 Å². The fourth-order valence-electron chi connectivity index (χ4n) is 4.36. The van der Waals surface area contributed by atoms with Crippen LogP contribution in [0.2, 0.25) is 0 Å². The quantitative estimate of drug-likeness (QED) is 0.195. The first-order valence-corrected chi connectivity index (χ1v) is 13.4. The van der Waals surface area contributed by atoms with E-state index in [9.17, 15) is 0 Å². The van der Waals surface area contributed by atoms with E-state index in [1.165, 1.54) is 0 Å². The highest BCUT2D eigenvalue weighted by Crippen LogP contribution is 2.25. The number of rotatable bonds is 10. The number of pyridine rings is 1. The van der Waals surface area contributed by atoms with Gasteiger partial charge in [-0.05, 0) is 62.6 Å². The first-order valence-electron chi connectivity index (χ1n) is 13.4. The molecule has 4 aromatic rings. The standard InChI is InChI=1S/C31H31N5O4/c1-23(39-30-5-2-3-18-38-30)31-33-15-16-36(31)21-28-19-29(40-35-28)26-11-8-24(9-12-26)6-7-25-10-13-27(34-20-25)22-37-17-4-14-32/h8-13,15-16,19-20,23,30H,2-5,17-18,21-22H2,1H3/t23-,30?/m0/s1. The Bertz CT molecular complexity index is 1470. The molecule has 1 aliphatic heterocycles. The SMILES string of the molecule is C[C@H](OC1CCCCO1)c1nccn1Cc1cc(-c2ccc(C#Cc3ccc(COCCC#N)nc3)cc2)on1. The summed E-state index contributed by atoms with van der Waals surface area (Å²) in [5.41, 5.74) is 4.22. The minimum absolute atomic E-state index is 0.177. The van der Waals surface area contributed by atoms with Crippen molar-refractivity contribution in [2.75, 3.05) is 13.2 Å². The maximum Gasteiger partial charge on any atom is 0.167 e. The van der Waals surface area contributed by atoms with Crippen LogP contribution in [-0.2, 0) is 27.4 Å². The predicted octanol–water partition coefficient (Wildman–Crippen LogP) is 5.42. The van der Waals surface area contributed by atoms with E-state index in [0.29, 0.717) is 31.9 Å². The summed E-state index contributed by atoms with van der Waals surface area (Å²) in [4.78, 5) is 8.87. The zero-order valence-electron chi connectivity index (χ0n) is 22.5. The summed E-state index contributed by atoms with van der Waals surface area (Å²) in [6, 6.07) is 15.6. The summed E-state index contributed by atoms with van der Waals surface area (Å²) in [5, 5.41) is 12.8. The number of ether oxygens (including phenoxy) is 3. The van der Waals surface area contributed by atoms with Gasteiger partial charge in [0.05, 0.1) is 37.9 Å². The molecule has 40 heavy (non-hydrogen) atoms. The van der Waals surface area contributed by atoms with Gasteiger partial charge in [0, 0.05) is 48.0 Å². The highest BCUT2D eigenvalue weighted by Gasteiger charge is 2.21. The molecule has 9 heteroatoms. The largest absolute Gasteiger partial charge is 0.374 e. The van der Waals surface area contributed by atoms with Gasteiger partial charge in [0.15, 0.2) is 12.1 Å². The summed E-state index contributed by atoms with van der Waals surface area (Å²) in [5.74, 6) is 7.82. The van der Waals surface area contributed by atoms with Crippen molar-refractivity contribution in [3.05, 3.63) is 89.4 Å². The van der Waals surface area contributed by atoms with Crippen molar-refractivity contribution in [1.29, 1.82) is 5.26 Å². The van der Waals surface area contributed by atoms with Gasteiger partial charge in [0.25, 0.3) is 0 Å². The lowest BCUT2D eigenvalue weighted by Gasteiger charge is -2.26. The lowest BCUT2D eigenvalue weighted by atomic mass is 10.1. The van der Waals surface area contributed by atoms with E-state index >= 15 is 0 Å². The molecular weight excluding hydrogens is 506 g/mol. The van der Waals surface area contributed by atoms with Crippen LogP contribution in [0.15, 0.2) is 65.6 Å². The van der Waals surface area contributed by atoms with Gasteiger partial charge in [0.1, 0.15) is 17.6 Å². The summed E-state index contributed by atoms with van der Waals surface area (Å²) < 4.78 is 24.9. The fourth-order valence-corrected chi connectivity index (χ4v) is 4.36. The molecule has 1 saturated heterocycles. The first kappa shape index (κ1) is 27.3. The molecule has 0 saturated carbocycles. The lowest BCUT2D eigenvalue weighted by Crippen LogP contribution is -2.24. The maximum absolute atomic E-state index is 8.56. The van der Waals surface area contributed by atoms with Crippen molar-refractivity contribution in [3.63, 3.8) is 0 Å².